The second-order valence-electron chi connectivity index (χ2n) is 8.38. The van der Waals surface area contributed by atoms with Crippen LogP contribution in [0.5, 0.6) is 11.5 Å². The fourth-order valence-corrected chi connectivity index (χ4v) is 6.14. The summed E-state index contributed by atoms with van der Waals surface area (Å²) in [5.74, 6) is 1.50. The van der Waals surface area contributed by atoms with E-state index in [1.807, 2.05) is 60.0 Å². The van der Waals surface area contributed by atoms with Gasteiger partial charge in [-0.3, -0.25) is 5.43 Å². The van der Waals surface area contributed by atoms with Gasteiger partial charge in [-0.2, -0.15) is 9.41 Å². The van der Waals surface area contributed by atoms with E-state index in [1.165, 1.54) is 11.3 Å². The van der Waals surface area contributed by atoms with Gasteiger partial charge >= 0.3 is 0 Å². The van der Waals surface area contributed by atoms with Crippen LogP contribution >= 0.6 is 11.3 Å². The predicted octanol–water partition coefficient (Wildman–Crippen LogP) is 6.22. The molecule has 9 heteroatoms. The van der Waals surface area contributed by atoms with Crippen molar-refractivity contribution in [3.8, 4) is 22.8 Å². The molecule has 0 atom stereocenters. The van der Waals surface area contributed by atoms with Gasteiger partial charge in [0.25, 0.3) is 0 Å². The average Bonchev–Trinajstić information content (AvgIpc) is 3.39. The van der Waals surface area contributed by atoms with Gasteiger partial charge < -0.3 is 4.74 Å². The zero-order valence-electron chi connectivity index (χ0n) is 19.6. The third kappa shape index (κ3) is 5.81. The molecule has 0 radical (unpaired) electrons. The summed E-state index contributed by atoms with van der Waals surface area (Å²) in [6, 6.07) is 24.2. The molecule has 7 nitrogen and oxygen atoms in total. The molecule has 3 aromatic carbocycles. The lowest BCUT2D eigenvalue weighted by Gasteiger charge is -2.25. The second-order valence-corrected chi connectivity index (χ2v) is 11.2. The predicted molar refractivity (Wildman–Crippen MR) is 144 cm³/mol. The quantitative estimate of drug-likeness (QED) is 0.221. The van der Waals surface area contributed by atoms with Crippen LogP contribution in [0.1, 0.15) is 24.8 Å². The van der Waals surface area contributed by atoms with E-state index >= 15 is 0 Å². The fourth-order valence-electron chi connectivity index (χ4n) is 3.95. The highest BCUT2D eigenvalue weighted by atomic mass is 32.2. The third-order valence-corrected chi connectivity index (χ3v) is 8.48. The highest BCUT2D eigenvalue weighted by molar-refractivity contribution is 7.89. The molecule has 36 heavy (non-hydrogen) atoms. The summed E-state index contributed by atoms with van der Waals surface area (Å²) < 4.78 is 33.2. The van der Waals surface area contributed by atoms with Crippen LogP contribution in [0, 0.1) is 0 Å². The third-order valence-electron chi connectivity index (χ3n) is 5.82. The van der Waals surface area contributed by atoms with Crippen molar-refractivity contribution < 1.29 is 13.2 Å². The van der Waals surface area contributed by atoms with Crippen LogP contribution in [0.3, 0.4) is 0 Å². The Kier molecular flexibility index (Phi) is 7.41. The van der Waals surface area contributed by atoms with Crippen LogP contribution in [-0.4, -0.2) is 37.0 Å². The maximum Gasteiger partial charge on any atom is 0.243 e. The Morgan fingerprint density at radius 2 is 1.67 bits per heavy atom. The number of hydrogen-bond donors (Lipinski definition) is 1. The summed E-state index contributed by atoms with van der Waals surface area (Å²) in [4.78, 5) is 4.90. The molecule has 1 N–H and O–H groups in total. The van der Waals surface area contributed by atoms with Crippen molar-refractivity contribution in [3.63, 3.8) is 0 Å². The van der Waals surface area contributed by atoms with Crippen molar-refractivity contribution in [2.75, 3.05) is 18.5 Å². The number of benzene rings is 3. The van der Waals surface area contributed by atoms with Gasteiger partial charge in [0.2, 0.25) is 15.2 Å². The van der Waals surface area contributed by atoms with E-state index in [9.17, 15) is 8.42 Å². The lowest BCUT2D eigenvalue weighted by atomic mass is 10.2. The van der Waals surface area contributed by atoms with Crippen molar-refractivity contribution in [3.05, 3.63) is 89.8 Å². The first-order valence-corrected chi connectivity index (χ1v) is 14.1. The molecule has 0 unspecified atom stereocenters. The number of nitrogens with zero attached hydrogens (tertiary/aromatic N) is 3. The molecule has 5 rings (SSSR count). The Labute approximate surface area is 215 Å². The van der Waals surface area contributed by atoms with Gasteiger partial charge in [-0.05, 0) is 54.8 Å². The zero-order valence-corrected chi connectivity index (χ0v) is 21.2. The first-order chi connectivity index (χ1) is 17.6. The van der Waals surface area contributed by atoms with Crippen molar-refractivity contribution >= 4 is 32.7 Å². The number of thiazole rings is 1. The van der Waals surface area contributed by atoms with Gasteiger partial charge in [0.1, 0.15) is 11.5 Å². The highest BCUT2D eigenvalue weighted by Gasteiger charge is 2.25. The SMILES string of the molecule is O=S(=O)(c1ccc(-c2csc(N/N=C/c3cccc(Oc4ccccc4)c3)n2)cc1)N1CCCCC1. The normalized spacial score (nSPS) is 14.7. The minimum Gasteiger partial charge on any atom is -0.457 e. The standard InChI is InChI=1S/C27H26N4O3S2/c32-36(33,31-16-5-2-6-17-31)25-14-12-22(13-15-25)26-20-35-27(29-26)30-28-19-21-8-7-11-24(18-21)34-23-9-3-1-4-10-23/h1,3-4,7-15,18-20H,2,5-6,16-17H2,(H,29,30)/b28-19+. The molecule has 1 aliphatic heterocycles. The van der Waals surface area contributed by atoms with E-state index in [4.69, 9.17) is 4.74 Å². The number of hydrogen-bond acceptors (Lipinski definition) is 7. The Balaban J connectivity index is 1.21. The summed E-state index contributed by atoms with van der Waals surface area (Å²) >= 11 is 1.43. The number of para-hydroxylation sites is 1. The lowest BCUT2D eigenvalue weighted by molar-refractivity contribution is 0.346. The molecule has 1 aliphatic rings. The molecule has 0 saturated carbocycles. The molecule has 0 amide bonds. The van der Waals surface area contributed by atoms with Gasteiger partial charge in [-0.1, -0.05) is 48.9 Å². The summed E-state index contributed by atoms with van der Waals surface area (Å²) in [6.45, 7) is 1.19. The topological polar surface area (TPSA) is 83.9 Å². The van der Waals surface area contributed by atoms with E-state index < -0.39 is 10.0 Å². The Morgan fingerprint density at radius 1 is 0.917 bits per heavy atom. The number of rotatable bonds is 8. The van der Waals surface area contributed by atoms with E-state index in [1.54, 1.807) is 34.8 Å². The summed E-state index contributed by atoms with van der Waals surface area (Å²) in [5.41, 5.74) is 5.47. The minimum absolute atomic E-state index is 0.324. The number of anilines is 1. The van der Waals surface area contributed by atoms with Crippen LogP contribution in [0.25, 0.3) is 11.3 Å². The van der Waals surface area contributed by atoms with Crippen molar-refractivity contribution in [1.29, 1.82) is 0 Å². The van der Waals surface area contributed by atoms with Crippen LogP contribution in [0.4, 0.5) is 5.13 Å². The van der Waals surface area contributed by atoms with E-state index in [-0.39, 0.29) is 0 Å². The number of aromatic nitrogens is 1. The first kappa shape index (κ1) is 24.2. The van der Waals surface area contributed by atoms with E-state index in [0.717, 1.165) is 47.6 Å². The number of sulfonamides is 1. The number of hydrazone groups is 1. The molecule has 1 saturated heterocycles. The van der Waals surface area contributed by atoms with Gasteiger partial charge in [-0.25, -0.2) is 13.4 Å². The Hall–Kier alpha value is -3.53. The Bertz CT molecular complexity index is 1430. The summed E-state index contributed by atoms with van der Waals surface area (Å²) in [5, 5.41) is 6.86. The van der Waals surface area contributed by atoms with Crippen LogP contribution in [0.2, 0.25) is 0 Å². The molecule has 0 aliphatic carbocycles. The smallest absolute Gasteiger partial charge is 0.243 e. The molecule has 0 spiro atoms. The van der Waals surface area contributed by atoms with Crippen molar-refractivity contribution in [2.45, 2.75) is 24.2 Å². The molecule has 1 aromatic heterocycles. The molecule has 2 heterocycles. The first-order valence-electron chi connectivity index (χ1n) is 11.8. The van der Waals surface area contributed by atoms with Crippen molar-refractivity contribution in [1.82, 2.24) is 9.29 Å². The Morgan fingerprint density at radius 3 is 2.44 bits per heavy atom. The largest absolute Gasteiger partial charge is 0.457 e. The average molecular weight is 519 g/mol. The molecule has 4 aromatic rings. The van der Waals surface area contributed by atoms with Crippen LogP contribution in [0.15, 0.2) is 94.2 Å². The molecular formula is C27H26N4O3S2. The number of piperidine rings is 1. The molecule has 0 bridgehead atoms. The van der Waals surface area contributed by atoms with Gasteiger partial charge in [0, 0.05) is 24.0 Å². The van der Waals surface area contributed by atoms with Gasteiger partial charge in [0.15, 0.2) is 0 Å². The molecule has 184 valence electrons. The lowest BCUT2D eigenvalue weighted by Crippen LogP contribution is -2.35. The van der Waals surface area contributed by atoms with Crippen LogP contribution in [-0.2, 0) is 10.0 Å². The maximum atomic E-state index is 12.9. The summed E-state index contributed by atoms with van der Waals surface area (Å²) in [6.07, 6.45) is 4.63. The number of ether oxygens (including phenoxy) is 1. The second kappa shape index (κ2) is 11.0. The van der Waals surface area contributed by atoms with E-state index in [0.29, 0.717) is 23.1 Å². The monoisotopic (exact) mass is 518 g/mol. The van der Waals surface area contributed by atoms with Gasteiger partial charge in [0.05, 0.1) is 16.8 Å². The van der Waals surface area contributed by atoms with Crippen LogP contribution < -0.4 is 10.2 Å². The zero-order chi connectivity index (χ0) is 24.8. The fraction of sp³-hybridized carbons (Fsp3) is 0.185. The molecule has 1 fully saturated rings. The highest BCUT2D eigenvalue weighted by Crippen LogP contribution is 2.28. The maximum absolute atomic E-state index is 12.9. The van der Waals surface area contributed by atoms with Gasteiger partial charge in [-0.15, -0.1) is 11.3 Å². The molecular weight excluding hydrogens is 492 g/mol. The minimum atomic E-state index is -3.44. The number of nitrogens with one attached hydrogen (secondary N) is 1. The van der Waals surface area contributed by atoms with Crippen molar-refractivity contribution in [2.24, 2.45) is 5.10 Å². The summed E-state index contributed by atoms with van der Waals surface area (Å²) in [7, 11) is -3.44. The van der Waals surface area contributed by atoms with E-state index in [2.05, 4.69) is 15.5 Å².